The van der Waals surface area contributed by atoms with Crippen molar-refractivity contribution in [1.29, 1.82) is 0 Å². The zero-order valence-corrected chi connectivity index (χ0v) is 14.9. The standard InChI is InChI=1S/C18H22FN3O3/c1-17(2,3)24-16(23)22(4)18(8-9-18)11-14-20-15(21-25-14)12-6-5-7-13(19)10-12/h5-7,10H,8-9,11H2,1-4H3. The van der Waals surface area contributed by atoms with Crippen molar-refractivity contribution in [2.75, 3.05) is 7.05 Å². The fraction of sp³-hybridized carbons (Fsp3) is 0.500. The number of likely N-dealkylation sites (N-methyl/N-ethyl adjacent to an activating group) is 1. The van der Waals surface area contributed by atoms with Crippen molar-refractivity contribution in [2.45, 2.75) is 51.2 Å². The van der Waals surface area contributed by atoms with E-state index >= 15 is 0 Å². The number of halogens is 1. The van der Waals surface area contributed by atoms with Crippen molar-refractivity contribution < 1.29 is 18.4 Å². The molecule has 1 saturated carbocycles. The molecule has 0 aliphatic heterocycles. The second kappa shape index (κ2) is 6.13. The molecule has 134 valence electrons. The molecule has 1 fully saturated rings. The van der Waals surface area contributed by atoms with E-state index < -0.39 is 5.60 Å². The molecule has 3 rings (SSSR count). The largest absolute Gasteiger partial charge is 0.444 e. The molecule has 6 nitrogen and oxygen atoms in total. The molecule has 0 spiro atoms. The average molecular weight is 347 g/mol. The van der Waals surface area contributed by atoms with Gasteiger partial charge >= 0.3 is 6.09 Å². The van der Waals surface area contributed by atoms with E-state index in [1.165, 1.54) is 12.1 Å². The monoisotopic (exact) mass is 347 g/mol. The van der Waals surface area contributed by atoms with Crippen LogP contribution in [0.1, 0.15) is 39.5 Å². The molecular weight excluding hydrogens is 325 g/mol. The van der Waals surface area contributed by atoms with Gasteiger partial charge in [0.25, 0.3) is 0 Å². The molecule has 25 heavy (non-hydrogen) atoms. The Morgan fingerprint density at radius 2 is 2.12 bits per heavy atom. The van der Waals surface area contributed by atoms with Crippen molar-refractivity contribution in [3.8, 4) is 11.4 Å². The molecule has 1 heterocycles. The van der Waals surface area contributed by atoms with E-state index in [1.54, 1.807) is 24.1 Å². The number of amides is 1. The third kappa shape index (κ3) is 3.97. The Kier molecular flexibility index (Phi) is 4.26. The van der Waals surface area contributed by atoms with Gasteiger partial charge in [0, 0.05) is 12.6 Å². The predicted molar refractivity (Wildman–Crippen MR) is 89.4 cm³/mol. The van der Waals surface area contributed by atoms with Crippen LogP contribution in [0.4, 0.5) is 9.18 Å². The van der Waals surface area contributed by atoms with Crippen LogP contribution in [0.15, 0.2) is 28.8 Å². The summed E-state index contributed by atoms with van der Waals surface area (Å²) in [5.74, 6) is 0.407. The maximum atomic E-state index is 13.3. The molecule has 1 amide bonds. The molecule has 0 bridgehead atoms. The van der Waals surface area contributed by atoms with Crippen LogP contribution in [0.2, 0.25) is 0 Å². The fourth-order valence-corrected chi connectivity index (χ4v) is 2.65. The smallest absolute Gasteiger partial charge is 0.410 e. The van der Waals surface area contributed by atoms with Gasteiger partial charge in [0.05, 0.1) is 12.0 Å². The van der Waals surface area contributed by atoms with Crippen LogP contribution in [0.25, 0.3) is 11.4 Å². The van der Waals surface area contributed by atoms with Crippen molar-refractivity contribution in [1.82, 2.24) is 15.0 Å². The second-order valence-electron chi connectivity index (χ2n) is 7.46. The highest BCUT2D eigenvalue weighted by Gasteiger charge is 2.50. The fourth-order valence-electron chi connectivity index (χ4n) is 2.65. The quantitative estimate of drug-likeness (QED) is 0.841. The molecular formula is C18H22FN3O3. The zero-order chi connectivity index (χ0) is 18.2. The minimum absolute atomic E-state index is 0.338. The Hall–Kier alpha value is -2.44. The molecule has 0 atom stereocenters. The number of benzene rings is 1. The number of carbonyl (C=O) groups is 1. The molecule has 1 aliphatic carbocycles. The van der Waals surface area contributed by atoms with Gasteiger partial charge < -0.3 is 14.2 Å². The third-order valence-corrected chi connectivity index (χ3v) is 4.24. The average Bonchev–Trinajstić information content (AvgIpc) is 3.14. The van der Waals surface area contributed by atoms with E-state index in [-0.39, 0.29) is 17.4 Å². The van der Waals surface area contributed by atoms with Gasteiger partial charge in [-0.05, 0) is 45.7 Å². The van der Waals surface area contributed by atoms with Crippen LogP contribution in [0.5, 0.6) is 0 Å². The maximum Gasteiger partial charge on any atom is 0.410 e. The molecule has 0 radical (unpaired) electrons. The van der Waals surface area contributed by atoms with Gasteiger partial charge in [-0.25, -0.2) is 9.18 Å². The Bertz CT molecular complexity index is 778. The minimum Gasteiger partial charge on any atom is -0.444 e. The number of hydrogen-bond acceptors (Lipinski definition) is 5. The third-order valence-electron chi connectivity index (χ3n) is 4.24. The number of rotatable bonds is 4. The first-order valence-corrected chi connectivity index (χ1v) is 8.24. The first-order valence-electron chi connectivity index (χ1n) is 8.24. The predicted octanol–water partition coefficient (Wildman–Crippen LogP) is 3.82. The normalized spacial score (nSPS) is 15.7. The molecule has 7 heteroatoms. The van der Waals surface area contributed by atoms with Gasteiger partial charge in [0.1, 0.15) is 11.4 Å². The van der Waals surface area contributed by atoms with Gasteiger partial charge in [-0.3, -0.25) is 0 Å². The van der Waals surface area contributed by atoms with Gasteiger partial charge in [0.2, 0.25) is 11.7 Å². The number of ether oxygens (including phenoxy) is 1. The van der Waals surface area contributed by atoms with Crippen LogP contribution in [0.3, 0.4) is 0 Å². The van der Waals surface area contributed by atoms with E-state index in [9.17, 15) is 9.18 Å². The number of carbonyl (C=O) groups excluding carboxylic acids is 1. The molecule has 1 aromatic heterocycles. The first-order chi connectivity index (χ1) is 11.7. The summed E-state index contributed by atoms with van der Waals surface area (Å²) in [7, 11) is 1.73. The van der Waals surface area contributed by atoms with Gasteiger partial charge in [-0.2, -0.15) is 4.98 Å². The zero-order valence-electron chi connectivity index (χ0n) is 14.9. The van der Waals surface area contributed by atoms with Crippen LogP contribution in [0, 0.1) is 5.82 Å². The van der Waals surface area contributed by atoms with Gasteiger partial charge in [-0.1, -0.05) is 17.3 Å². The Balaban J connectivity index is 1.71. The maximum absolute atomic E-state index is 13.3. The summed E-state index contributed by atoms with van der Waals surface area (Å²) >= 11 is 0. The number of hydrogen-bond donors (Lipinski definition) is 0. The van der Waals surface area contributed by atoms with Crippen LogP contribution < -0.4 is 0 Å². The van der Waals surface area contributed by atoms with Crippen molar-refractivity contribution in [3.05, 3.63) is 36.0 Å². The Morgan fingerprint density at radius 1 is 1.40 bits per heavy atom. The lowest BCUT2D eigenvalue weighted by Gasteiger charge is -2.30. The summed E-state index contributed by atoms with van der Waals surface area (Å²) in [6.45, 7) is 5.50. The number of aromatic nitrogens is 2. The van der Waals surface area contributed by atoms with E-state index in [1.807, 2.05) is 20.8 Å². The molecule has 2 aromatic rings. The summed E-state index contributed by atoms with van der Waals surface area (Å²) < 4.78 is 24.1. The second-order valence-corrected chi connectivity index (χ2v) is 7.46. The SMILES string of the molecule is CN(C(=O)OC(C)(C)C)C1(Cc2nc(-c3cccc(F)c3)no2)CC1. The highest BCUT2D eigenvalue weighted by molar-refractivity contribution is 5.69. The summed E-state index contributed by atoms with van der Waals surface area (Å²) in [4.78, 5) is 18.3. The Morgan fingerprint density at radius 3 is 2.72 bits per heavy atom. The summed E-state index contributed by atoms with van der Waals surface area (Å²) in [5.41, 5.74) is -0.342. The van der Waals surface area contributed by atoms with E-state index in [2.05, 4.69) is 10.1 Å². The van der Waals surface area contributed by atoms with Gasteiger partial charge in [-0.15, -0.1) is 0 Å². The Labute approximate surface area is 146 Å². The van der Waals surface area contributed by atoms with Crippen molar-refractivity contribution >= 4 is 6.09 Å². The van der Waals surface area contributed by atoms with Crippen LogP contribution in [-0.4, -0.2) is 39.3 Å². The summed E-state index contributed by atoms with van der Waals surface area (Å²) in [6.07, 6.45) is 1.78. The summed E-state index contributed by atoms with van der Waals surface area (Å²) in [6, 6.07) is 6.03. The lowest BCUT2D eigenvalue weighted by molar-refractivity contribution is 0.0188. The summed E-state index contributed by atoms with van der Waals surface area (Å²) in [5, 5.41) is 3.92. The highest BCUT2D eigenvalue weighted by atomic mass is 19.1. The highest BCUT2D eigenvalue weighted by Crippen LogP contribution is 2.44. The minimum atomic E-state index is -0.545. The van der Waals surface area contributed by atoms with E-state index in [0.717, 1.165) is 12.8 Å². The van der Waals surface area contributed by atoms with Crippen molar-refractivity contribution in [2.24, 2.45) is 0 Å². The lowest BCUT2D eigenvalue weighted by atomic mass is 10.1. The van der Waals surface area contributed by atoms with Crippen LogP contribution in [-0.2, 0) is 11.2 Å². The molecule has 1 aliphatic rings. The topological polar surface area (TPSA) is 68.5 Å². The first kappa shape index (κ1) is 17.4. The van der Waals surface area contributed by atoms with Crippen molar-refractivity contribution in [3.63, 3.8) is 0 Å². The molecule has 0 unspecified atom stereocenters. The lowest BCUT2D eigenvalue weighted by Crippen LogP contribution is -2.43. The number of nitrogens with zero attached hydrogens (tertiary/aromatic N) is 3. The van der Waals surface area contributed by atoms with E-state index in [4.69, 9.17) is 9.26 Å². The molecule has 1 aromatic carbocycles. The molecule has 0 N–H and O–H groups in total. The van der Waals surface area contributed by atoms with Crippen LogP contribution >= 0.6 is 0 Å². The van der Waals surface area contributed by atoms with Gasteiger partial charge in [0.15, 0.2) is 0 Å². The molecule has 0 saturated heterocycles. The van der Waals surface area contributed by atoms with E-state index in [0.29, 0.717) is 23.7 Å².